The fourth-order valence-corrected chi connectivity index (χ4v) is 1.88. The normalized spacial score (nSPS) is 20.7. The summed E-state index contributed by atoms with van der Waals surface area (Å²) >= 11 is 2.18. The van der Waals surface area contributed by atoms with Crippen molar-refractivity contribution in [2.75, 3.05) is 11.9 Å². The number of carbonyl (C=O) groups is 2. The first kappa shape index (κ1) is 14.3. The van der Waals surface area contributed by atoms with Gasteiger partial charge in [0.15, 0.2) is 12.2 Å². The lowest BCUT2D eigenvalue weighted by atomic mass is 10.2. The molecule has 1 fully saturated rings. The summed E-state index contributed by atoms with van der Waals surface area (Å²) in [4.78, 5) is 23.3. The minimum absolute atomic E-state index is 0.320. The predicted molar refractivity (Wildman–Crippen MR) is 77.7 cm³/mol. The number of carbonyl (C=O) groups excluding carboxylic acids is 2. The van der Waals surface area contributed by atoms with Gasteiger partial charge in [-0.1, -0.05) is 6.92 Å². The maximum Gasteiger partial charge on any atom is 0.338 e. The lowest BCUT2D eigenvalue weighted by Crippen LogP contribution is -2.24. The van der Waals surface area contributed by atoms with E-state index in [0.29, 0.717) is 12.3 Å². The highest BCUT2D eigenvalue weighted by atomic mass is 127. The van der Waals surface area contributed by atoms with E-state index in [1.54, 1.807) is 12.1 Å². The predicted octanol–water partition coefficient (Wildman–Crippen LogP) is 1.95. The van der Waals surface area contributed by atoms with Gasteiger partial charge in [-0.15, -0.1) is 0 Å². The van der Waals surface area contributed by atoms with Crippen LogP contribution in [0, 0.1) is 3.57 Å². The minimum atomic E-state index is -0.754. The molecule has 0 aromatic heterocycles. The Morgan fingerprint density at radius 1 is 1.32 bits per heavy atom. The lowest BCUT2D eigenvalue weighted by molar-refractivity contribution is -0.145. The molecule has 1 aliphatic rings. The molecule has 0 aliphatic carbocycles. The Labute approximate surface area is 124 Å². The molecular formula is C13H14INO4. The third-order valence-electron chi connectivity index (χ3n) is 2.54. The van der Waals surface area contributed by atoms with Gasteiger partial charge in [0.1, 0.15) is 0 Å². The van der Waals surface area contributed by atoms with Crippen molar-refractivity contribution in [1.29, 1.82) is 0 Å². The van der Waals surface area contributed by atoms with Crippen LogP contribution in [0.1, 0.15) is 13.3 Å². The molecule has 1 heterocycles. The first-order valence-corrected chi connectivity index (χ1v) is 7.08. The van der Waals surface area contributed by atoms with E-state index in [0.717, 1.165) is 9.99 Å². The Kier molecular flexibility index (Phi) is 4.76. The van der Waals surface area contributed by atoms with Gasteiger partial charge < -0.3 is 14.8 Å². The number of esters is 1. The molecule has 1 saturated heterocycles. The zero-order valence-electron chi connectivity index (χ0n) is 10.4. The van der Waals surface area contributed by atoms with E-state index in [9.17, 15) is 9.59 Å². The summed E-state index contributed by atoms with van der Waals surface area (Å²) in [6, 6.07) is 7.37. The number of hydrogen-bond donors (Lipinski definition) is 1. The second-order valence-electron chi connectivity index (χ2n) is 4.14. The summed E-state index contributed by atoms with van der Waals surface area (Å²) in [5, 5.41) is 2.70. The first-order chi connectivity index (χ1) is 9.11. The minimum Gasteiger partial charge on any atom is -0.464 e. The molecule has 102 valence electrons. The summed E-state index contributed by atoms with van der Waals surface area (Å²) in [5.41, 5.74) is 0.682. The molecule has 1 aliphatic heterocycles. The zero-order valence-corrected chi connectivity index (χ0v) is 12.5. The monoisotopic (exact) mass is 375 g/mol. The van der Waals surface area contributed by atoms with Gasteiger partial charge in [-0.25, -0.2) is 4.79 Å². The van der Waals surface area contributed by atoms with E-state index in [-0.39, 0.29) is 5.91 Å². The summed E-state index contributed by atoms with van der Waals surface area (Å²) < 4.78 is 11.0. The maximum atomic E-state index is 11.8. The standard InChI is InChI=1S/C13H14INO4/c1-2-7-18-13(17)11-10(19-11)12(16)15-9-5-3-8(14)4-6-9/h3-6,10-11H,2,7H2,1H3,(H,15,16). The van der Waals surface area contributed by atoms with Crippen molar-refractivity contribution in [3.05, 3.63) is 27.8 Å². The highest BCUT2D eigenvalue weighted by Gasteiger charge is 2.51. The van der Waals surface area contributed by atoms with Gasteiger partial charge in [0.05, 0.1) is 6.61 Å². The molecule has 2 unspecified atom stereocenters. The smallest absolute Gasteiger partial charge is 0.338 e. The van der Waals surface area contributed by atoms with Crippen LogP contribution in [-0.4, -0.2) is 30.7 Å². The van der Waals surface area contributed by atoms with Crippen LogP contribution >= 0.6 is 22.6 Å². The molecule has 1 aromatic carbocycles. The van der Waals surface area contributed by atoms with Crippen molar-refractivity contribution >= 4 is 40.2 Å². The van der Waals surface area contributed by atoms with Gasteiger partial charge in [0.25, 0.3) is 5.91 Å². The van der Waals surface area contributed by atoms with Gasteiger partial charge in [0.2, 0.25) is 0 Å². The average molecular weight is 375 g/mol. The topological polar surface area (TPSA) is 67.9 Å². The quantitative estimate of drug-likeness (QED) is 0.485. The van der Waals surface area contributed by atoms with Crippen molar-refractivity contribution in [1.82, 2.24) is 0 Å². The SMILES string of the molecule is CCCOC(=O)C1OC1C(=O)Nc1ccc(I)cc1. The lowest BCUT2D eigenvalue weighted by Gasteiger charge is -2.03. The Hall–Kier alpha value is -1.15. The van der Waals surface area contributed by atoms with E-state index in [1.807, 2.05) is 19.1 Å². The van der Waals surface area contributed by atoms with Crippen LogP contribution in [0.5, 0.6) is 0 Å². The van der Waals surface area contributed by atoms with E-state index in [4.69, 9.17) is 9.47 Å². The van der Waals surface area contributed by atoms with Crippen molar-refractivity contribution in [2.24, 2.45) is 0 Å². The second kappa shape index (κ2) is 6.33. The van der Waals surface area contributed by atoms with Crippen molar-refractivity contribution in [3.8, 4) is 0 Å². The molecule has 1 aromatic rings. The number of ether oxygens (including phenoxy) is 2. The van der Waals surface area contributed by atoms with Crippen LogP contribution in [0.25, 0.3) is 0 Å². The third-order valence-corrected chi connectivity index (χ3v) is 3.26. The van der Waals surface area contributed by atoms with E-state index in [1.165, 1.54) is 0 Å². The van der Waals surface area contributed by atoms with Crippen LogP contribution in [0.15, 0.2) is 24.3 Å². The van der Waals surface area contributed by atoms with Crippen molar-refractivity contribution in [3.63, 3.8) is 0 Å². The number of epoxide rings is 1. The number of rotatable bonds is 5. The molecule has 6 heteroatoms. The van der Waals surface area contributed by atoms with Gasteiger partial charge in [-0.2, -0.15) is 0 Å². The molecule has 0 radical (unpaired) electrons. The molecule has 5 nitrogen and oxygen atoms in total. The van der Waals surface area contributed by atoms with Gasteiger partial charge in [0, 0.05) is 9.26 Å². The number of nitrogens with one attached hydrogen (secondary N) is 1. The number of anilines is 1. The Bertz CT molecular complexity index is 474. The average Bonchev–Trinajstić information content (AvgIpc) is 3.19. The molecule has 1 amide bonds. The maximum absolute atomic E-state index is 11.8. The fraction of sp³-hybridized carbons (Fsp3) is 0.385. The van der Waals surface area contributed by atoms with Crippen LogP contribution < -0.4 is 5.32 Å². The van der Waals surface area contributed by atoms with E-state index in [2.05, 4.69) is 27.9 Å². The molecule has 19 heavy (non-hydrogen) atoms. The summed E-state index contributed by atoms with van der Waals surface area (Å²) in [7, 11) is 0. The van der Waals surface area contributed by atoms with E-state index < -0.39 is 18.2 Å². The van der Waals surface area contributed by atoms with Crippen LogP contribution in [-0.2, 0) is 19.1 Å². The number of benzene rings is 1. The Morgan fingerprint density at radius 3 is 2.63 bits per heavy atom. The summed E-state index contributed by atoms with van der Waals surface area (Å²) in [6.07, 6.45) is -0.739. The second-order valence-corrected chi connectivity index (χ2v) is 5.39. The molecular weight excluding hydrogens is 361 g/mol. The van der Waals surface area contributed by atoms with Gasteiger partial charge in [-0.3, -0.25) is 4.79 Å². The molecule has 2 atom stereocenters. The largest absolute Gasteiger partial charge is 0.464 e. The van der Waals surface area contributed by atoms with Crippen molar-refractivity contribution in [2.45, 2.75) is 25.6 Å². The van der Waals surface area contributed by atoms with Crippen molar-refractivity contribution < 1.29 is 19.1 Å². The molecule has 0 bridgehead atoms. The fourth-order valence-electron chi connectivity index (χ4n) is 1.52. The number of amides is 1. The van der Waals surface area contributed by atoms with Gasteiger partial charge >= 0.3 is 5.97 Å². The summed E-state index contributed by atoms with van der Waals surface area (Å²) in [6.45, 7) is 2.26. The number of halogens is 1. The van der Waals surface area contributed by atoms with Crippen LogP contribution in [0.3, 0.4) is 0 Å². The molecule has 2 rings (SSSR count). The molecule has 0 spiro atoms. The third kappa shape index (κ3) is 3.90. The summed E-state index contributed by atoms with van der Waals surface area (Å²) in [5.74, 6) is -0.788. The Morgan fingerprint density at radius 2 is 2.00 bits per heavy atom. The molecule has 0 saturated carbocycles. The van der Waals surface area contributed by atoms with Crippen LogP contribution in [0.4, 0.5) is 5.69 Å². The van der Waals surface area contributed by atoms with Crippen LogP contribution in [0.2, 0.25) is 0 Å². The Balaban J connectivity index is 1.82. The van der Waals surface area contributed by atoms with Gasteiger partial charge in [-0.05, 0) is 53.3 Å². The highest BCUT2D eigenvalue weighted by Crippen LogP contribution is 2.25. The molecule has 1 N–H and O–H groups in total. The highest BCUT2D eigenvalue weighted by molar-refractivity contribution is 14.1. The first-order valence-electron chi connectivity index (χ1n) is 6.00. The zero-order chi connectivity index (χ0) is 13.8. The number of hydrogen-bond acceptors (Lipinski definition) is 4. The van der Waals surface area contributed by atoms with E-state index >= 15 is 0 Å².